The third kappa shape index (κ3) is 4.75. The second kappa shape index (κ2) is 8.97. The first-order valence-electron chi connectivity index (χ1n) is 5.71. The van der Waals surface area contributed by atoms with Gasteiger partial charge in [-0.2, -0.15) is 0 Å². The summed E-state index contributed by atoms with van der Waals surface area (Å²) in [6.45, 7) is 0. The average Bonchev–Trinajstić information content (AvgIpc) is 2.48. The summed E-state index contributed by atoms with van der Waals surface area (Å²) in [7, 11) is 0. The molecule has 0 aliphatic heterocycles. The number of nitrogens with one attached hydrogen (secondary N) is 1. The van der Waals surface area contributed by atoms with E-state index in [0.717, 1.165) is 0 Å². The second-order valence-corrected chi connectivity index (χ2v) is 5.02. The van der Waals surface area contributed by atoms with Crippen molar-refractivity contribution in [1.82, 2.24) is 9.97 Å². The van der Waals surface area contributed by atoms with Crippen LogP contribution >= 0.6 is 23.4 Å². The van der Waals surface area contributed by atoms with Crippen LogP contribution in [0.25, 0.3) is 0 Å². The van der Waals surface area contributed by atoms with Gasteiger partial charge in [-0.3, -0.25) is 4.79 Å². The Morgan fingerprint density at radius 3 is 2.64 bits per heavy atom. The van der Waals surface area contributed by atoms with Crippen LogP contribution in [0.3, 0.4) is 0 Å². The van der Waals surface area contributed by atoms with Gasteiger partial charge in [0.1, 0.15) is 0 Å². The fourth-order valence-electron chi connectivity index (χ4n) is 1.56. The number of halogens is 1. The predicted molar refractivity (Wildman–Crippen MR) is 77.5 cm³/mol. The third-order valence-electron chi connectivity index (χ3n) is 2.51. The minimum atomic E-state index is -1.38. The molecule has 9 heteroatoms. The quantitative estimate of drug-likeness (QED) is 0.403. The summed E-state index contributed by atoms with van der Waals surface area (Å²) in [5.74, 6) is -2.00. The largest absolute Gasteiger partial charge is 1.00 e. The first kappa shape index (κ1) is 19.6. The van der Waals surface area contributed by atoms with Crippen LogP contribution in [0.15, 0.2) is 35.6 Å². The molecule has 1 aromatic carbocycles. The van der Waals surface area contributed by atoms with Gasteiger partial charge >= 0.3 is 51.4 Å². The van der Waals surface area contributed by atoms with Crippen LogP contribution in [0.4, 0.5) is 5.69 Å². The van der Waals surface area contributed by atoms with Crippen LogP contribution in [0.5, 0.6) is 0 Å². The molecule has 22 heavy (non-hydrogen) atoms. The molecule has 0 unspecified atom stereocenters. The zero-order chi connectivity index (χ0) is 15.4. The molecule has 2 aromatic rings. The summed E-state index contributed by atoms with van der Waals surface area (Å²) in [6, 6.07) is 5.91. The Labute approximate surface area is 178 Å². The summed E-state index contributed by atoms with van der Waals surface area (Å²) in [4.78, 5) is 31.1. The number of anilines is 1. The van der Waals surface area contributed by atoms with Gasteiger partial charge in [0.2, 0.25) is 0 Å². The average molecular weight is 362 g/mol. The summed E-state index contributed by atoms with van der Waals surface area (Å²) >= 11 is 7.15. The molecule has 0 bridgehead atoms. The van der Waals surface area contributed by atoms with Crippen molar-refractivity contribution < 1.29 is 66.1 Å². The molecule has 0 spiro atoms. The number of nitrogens with zero attached hydrogens (tertiary/aromatic N) is 2. The Hall–Kier alpha value is -0.484. The number of carboxylic acid groups (broad SMARTS) is 1. The number of amides is 1. The number of carboxylic acids is 1. The van der Waals surface area contributed by atoms with E-state index < -0.39 is 11.9 Å². The van der Waals surface area contributed by atoms with E-state index in [1.165, 1.54) is 36.2 Å². The molecule has 0 aliphatic rings. The number of carbonyl (C=O) groups excluding carboxylic acids is 2. The summed E-state index contributed by atoms with van der Waals surface area (Å²) in [5, 5.41) is 13.9. The number of aromatic nitrogens is 2. The fraction of sp³-hybridized carbons (Fsp3) is 0.0769. The fourth-order valence-corrected chi connectivity index (χ4v) is 2.08. The van der Waals surface area contributed by atoms with Gasteiger partial charge in [0.25, 0.3) is 5.91 Å². The molecule has 0 aliphatic carbocycles. The molecular weight excluding hydrogens is 353 g/mol. The van der Waals surface area contributed by atoms with Crippen molar-refractivity contribution in [2.45, 2.75) is 5.16 Å². The van der Waals surface area contributed by atoms with Crippen LogP contribution in [-0.4, -0.2) is 28.1 Å². The van der Waals surface area contributed by atoms with Gasteiger partial charge in [-0.15, -0.1) is 0 Å². The third-order valence-corrected chi connectivity index (χ3v) is 3.35. The van der Waals surface area contributed by atoms with Crippen LogP contribution in [0.2, 0.25) is 5.02 Å². The van der Waals surface area contributed by atoms with Crippen molar-refractivity contribution in [3.05, 3.63) is 46.7 Å². The van der Waals surface area contributed by atoms with Gasteiger partial charge in [-0.1, -0.05) is 41.6 Å². The van der Waals surface area contributed by atoms with Crippen LogP contribution in [0.1, 0.15) is 20.8 Å². The minimum Gasteiger partial charge on any atom is -0.545 e. The molecule has 6 nitrogen and oxygen atoms in total. The molecule has 0 saturated heterocycles. The molecular formula is C13H9ClKN3O3S. The summed E-state index contributed by atoms with van der Waals surface area (Å²) in [5.41, 5.74) is -0.0341. The molecule has 0 saturated carbocycles. The smallest absolute Gasteiger partial charge is 0.545 e. The number of thioether (sulfide) groups is 1. The van der Waals surface area contributed by atoms with Crippen LogP contribution < -0.4 is 61.8 Å². The van der Waals surface area contributed by atoms with Gasteiger partial charge in [0.15, 0.2) is 10.9 Å². The zero-order valence-corrected chi connectivity index (χ0v) is 16.5. The van der Waals surface area contributed by atoms with E-state index in [2.05, 4.69) is 15.3 Å². The number of carbonyl (C=O) groups is 2. The van der Waals surface area contributed by atoms with Crippen LogP contribution in [0, 0.1) is 0 Å². The monoisotopic (exact) mass is 361 g/mol. The Morgan fingerprint density at radius 2 is 2.00 bits per heavy atom. The van der Waals surface area contributed by atoms with Crippen molar-refractivity contribution >= 4 is 40.9 Å². The molecule has 1 amide bonds. The molecule has 2 rings (SSSR count). The maximum absolute atomic E-state index is 12.2. The Kier molecular flexibility index (Phi) is 7.98. The van der Waals surface area contributed by atoms with E-state index in [0.29, 0.717) is 5.16 Å². The molecule has 1 N–H and O–H groups in total. The molecule has 0 atom stereocenters. The predicted octanol–water partition coefficient (Wildman–Crippen LogP) is -1.53. The number of hydrogen-bond donors (Lipinski definition) is 1. The van der Waals surface area contributed by atoms with E-state index in [1.807, 2.05) is 0 Å². The van der Waals surface area contributed by atoms with Crippen molar-refractivity contribution in [2.24, 2.45) is 0 Å². The van der Waals surface area contributed by atoms with E-state index in [-0.39, 0.29) is 73.4 Å². The normalized spacial score (nSPS) is 9.73. The summed E-state index contributed by atoms with van der Waals surface area (Å²) < 4.78 is 0. The number of benzene rings is 1. The van der Waals surface area contributed by atoms with Gasteiger partial charge in [-0.05, 0) is 12.3 Å². The second-order valence-electron chi connectivity index (χ2n) is 3.84. The summed E-state index contributed by atoms with van der Waals surface area (Å²) in [6.07, 6.45) is 3.08. The SMILES string of the molecule is CSc1ncc(Cl)c(C(=O)Nc2ccccc2C(=O)[O-])n1.[K+]. The minimum absolute atomic E-state index is 0. The Morgan fingerprint density at radius 1 is 1.32 bits per heavy atom. The first-order valence-corrected chi connectivity index (χ1v) is 7.31. The van der Waals surface area contributed by atoms with E-state index in [4.69, 9.17) is 11.6 Å². The van der Waals surface area contributed by atoms with Crippen molar-refractivity contribution in [3.63, 3.8) is 0 Å². The number of hydrogen-bond acceptors (Lipinski definition) is 6. The maximum Gasteiger partial charge on any atom is 1.00 e. The Bertz CT molecular complexity index is 715. The maximum atomic E-state index is 12.2. The molecule has 0 fully saturated rings. The van der Waals surface area contributed by atoms with Crippen LogP contribution in [-0.2, 0) is 0 Å². The number of para-hydroxylation sites is 1. The first-order chi connectivity index (χ1) is 10.0. The van der Waals surface area contributed by atoms with E-state index in [9.17, 15) is 14.7 Å². The number of rotatable bonds is 4. The standard InChI is InChI=1S/C13H10ClN3O3S.K/c1-21-13-15-6-8(14)10(17-13)11(18)16-9-5-3-2-4-7(9)12(19)20;/h2-6H,1H3,(H,16,18)(H,19,20);/q;+1/p-1. The van der Waals surface area contributed by atoms with Gasteiger partial charge in [-0.25, -0.2) is 9.97 Å². The zero-order valence-electron chi connectivity index (χ0n) is 11.8. The van der Waals surface area contributed by atoms with Gasteiger partial charge in [0, 0.05) is 5.56 Å². The topological polar surface area (TPSA) is 95.0 Å². The molecule has 0 radical (unpaired) electrons. The molecule has 1 aromatic heterocycles. The van der Waals surface area contributed by atoms with Crippen molar-refractivity contribution in [3.8, 4) is 0 Å². The van der Waals surface area contributed by atoms with Gasteiger partial charge < -0.3 is 15.2 Å². The van der Waals surface area contributed by atoms with Crippen molar-refractivity contribution in [1.29, 1.82) is 0 Å². The molecule has 108 valence electrons. The number of aromatic carboxylic acids is 1. The van der Waals surface area contributed by atoms with E-state index >= 15 is 0 Å². The molecule has 1 heterocycles. The Balaban J connectivity index is 0.00000242. The van der Waals surface area contributed by atoms with E-state index in [1.54, 1.807) is 12.3 Å². The van der Waals surface area contributed by atoms with Gasteiger partial charge in [0.05, 0.1) is 22.9 Å². The van der Waals surface area contributed by atoms with Crippen molar-refractivity contribution in [2.75, 3.05) is 11.6 Å².